The normalized spacial score (nSPS) is 14.8. The van der Waals surface area contributed by atoms with Gasteiger partial charge in [-0.05, 0) is 24.3 Å². The third kappa shape index (κ3) is 3.86. The molecular weight excluding hydrogens is 323 g/mol. The maximum Gasteiger partial charge on any atom is 0.267 e. The lowest BCUT2D eigenvalue weighted by molar-refractivity contribution is 0.0994. The Balaban J connectivity index is 1.61. The first-order chi connectivity index (χ1) is 12.1. The number of primary amides is 1. The Bertz CT molecular complexity index is 826. The van der Waals surface area contributed by atoms with Crippen molar-refractivity contribution < 1.29 is 13.9 Å². The molecule has 0 unspecified atom stereocenters. The molecule has 1 fully saturated rings. The van der Waals surface area contributed by atoms with Crippen molar-refractivity contribution in [1.82, 2.24) is 4.98 Å². The average molecular weight is 340 g/mol. The first-order valence-corrected chi connectivity index (χ1v) is 7.94. The minimum Gasteiger partial charge on any atom is -0.490 e. The van der Waals surface area contributed by atoms with Crippen molar-refractivity contribution in [3.05, 3.63) is 53.6 Å². The molecule has 0 bridgehead atoms. The summed E-state index contributed by atoms with van der Waals surface area (Å²) in [5, 5.41) is 8.81. The molecule has 3 rings (SSSR count). The quantitative estimate of drug-likeness (QED) is 0.921. The van der Waals surface area contributed by atoms with Gasteiger partial charge < -0.3 is 15.4 Å². The number of carbonyl (C=O) groups excluding carboxylic acids is 1. The summed E-state index contributed by atoms with van der Waals surface area (Å²) in [5.41, 5.74) is 6.18. The van der Waals surface area contributed by atoms with Gasteiger partial charge in [0.25, 0.3) is 5.91 Å². The molecule has 0 radical (unpaired) electrons. The van der Waals surface area contributed by atoms with Crippen molar-refractivity contribution in [1.29, 1.82) is 5.26 Å². The number of amides is 1. The number of nitrogens with two attached hydrogens (primary N) is 1. The summed E-state index contributed by atoms with van der Waals surface area (Å²) in [4.78, 5) is 17.0. The van der Waals surface area contributed by atoms with Crippen molar-refractivity contribution in [2.75, 3.05) is 18.0 Å². The lowest BCUT2D eigenvalue weighted by Crippen LogP contribution is -2.38. The molecule has 1 aliphatic rings. The summed E-state index contributed by atoms with van der Waals surface area (Å²) in [5.74, 6) is -0.443. The Labute approximate surface area is 144 Å². The molecule has 0 atom stereocenters. The minimum absolute atomic E-state index is 0.0270. The van der Waals surface area contributed by atoms with Gasteiger partial charge in [-0.15, -0.1) is 0 Å². The maximum atomic E-state index is 14.1. The summed E-state index contributed by atoms with van der Waals surface area (Å²) in [7, 11) is 0. The van der Waals surface area contributed by atoms with Crippen LogP contribution in [0, 0.1) is 17.1 Å². The van der Waals surface area contributed by atoms with E-state index in [9.17, 15) is 9.18 Å². The van der Waals surface area contributed by atoms with E-state index in [0.29, 0.717) is 42.9 Å². The number of ether oxygens (including phenoxy) is 1. The minimum atomic E-state index is -0.600. The van der Waals surface area contributed by atoms with Gasteiger partial charge >= 0.3 is 0 Å². The Morgan fingerprint density at radius 2 is 2.08 bits per heavy atom. The second-order valence-electron chi connectivity index (χ2n) is 5.82. The van der Waals surface area contributed by atoms with E-state index < -0.39 is 11.7 Å². The summed E-state index contributed by atoms with van der Waals surface area (Å²) in [6, 6.07) is 9.63. The van der Waals surface area contributed by atoms with Crippen LogP contribution < -0.4 is 15.4 Å². The van der Waals surface area contributed by atoms with E-state index in [1.54, 1.807) is 18.2 Å². The predicted octanol–water partition coefficient (Wildman–Crippen LogP) is 2.24. The zero-order valence-corrected chi connectivity index (χ0v) is 13.5. The molecule has 1 amide bonds. The van der Waals surface area contributed by atoms with Crippen molar-refractivity contribution in [2.45, 2.75) is 18.9 Å². The summed E-state index contributed by atoms with van der Waals surface area (Å²) < 4.78 is 20.0. The fraction of sp³-hybridized carbons (Fsp3) is 0.278. The van der Waals surface area contributed by atoms with Crippen molar-refractivity contribution in [3.8, 4) is 11.8 Å². The number of aromatic nitrogens is 1. The molecule has 2 aromatic rings. The summed E-state index contributed by atoms with van der Waals surface area (Å²) in [6.07, 6.45) is 2.89. The van der Waals surface area contributed by atoms with Gasteiger partial charge in [-0.1, -0.05) is 0 Å². The van der Waals surface area contributed by atoms with Gasteiger partial charge in [0.05, 0.1) is 17.3 Å². The topological polar surface area (TPSA) is 92.2 Å². The number of pyridine rings is 1. The second kappa shape index (κ2) is 7.18. The highest BCUT2D eigenvalue weighted by atomic mass is 19.1. The van der Waals surface area contributed by atoms with E-state index >= 15 is 0 Å². The number of benzene rings is 1. The molecule has 1 aromatic heterocycles. The zero-order chi connectivity index (χ0) is 17.8. The number of rotatable bonds is 4. The van der Waals surface area contributed by atoms with E-state index in [0.717, 1.165) is 0 Å². The smallest absolute Gasteiger partial charge is 0.267 e. The van der Waals surface area contributed by atoms with Gasteiger partial charge in [-0.3, -0.25) is 9.78 Å². The Kier molecular flexibility index (Phi) is 4.80. The van der Waals surface area contributed by atoms with Crippen LogP contribution in [0.15, 0.2) is 36.5 Å². The number of nitrogens with zero attached hydrogens (tertiary/aromatic N) is 3. The van der Waals surface area contributed by atoms with E-state index in [2.05, 4.69) is 4.98 Å². The van der Waals surface area contributed by atoms with Gasteiger partial charge in [-0.2, -0.15) is 5.26 Å². The fourth-order valence-corrected chi connectivity index (χ4v) is 2.86. The molecule has 2 heterocycles. The van der Waals surface area contributed by atoms with Crippen LogP contribution >= 0.6 is 0 Å². The third-order valence-corrected chi connectivity index (χ3v) is 4.15. The number of piperidine rings is 1. The monoisotopic (exact) mass is 340 g/mol. The Morgan fingerprint density at radius 3 is 2.72 bits per heavy atom. The Morgan fingerprint density at radius 1 is 1.32 bits per heavy atom. The van der Waals surface area contributed by atoms with Gasteiger partial charge in [0.1, 0.15) is 23.4 Å². The van der Waals surface area contributed by atoms with Gasteiger partial charge in [0.2, 0.25) is 0 Å². The Hall–Kier alpha value is -3.14. The molecule has 2 N–H and O–H groups in total. The SMILES string of the molecule is N#Cc1ccc(N2CCC(Oc3ccnc(C(N)=O)c3)CC2)c(F)c1. The van der Waals surface area contributed by atoms with Crippen LogP contribution in [0.1, 0.15) is 28.9 Å². The molecule has 1 aromatic carbocycles. The van der Waals surface area contributed by atoms with Gasteiger partial charge in [-0.25, -0.2) is 4.39 Å². The molecule has 0 saturated carbocycles. The van der Waals surface area contributed by atoms with Crippen LogP contribution in [-0.4, -0.2) is 30.1 Å². The van der Waals surface area contributed by atoms with Crippen LogP contribution in [0.3, 0.4) is 0 Å². The molecule has 25 heavy (non-hydrogen) atoms. The molecule has 6 nitrogen and oxygen atoms in total. The molecule has 1 aliphatic heterocycles. The molecule has 1 saturated heterocycles. The van der Waals surface area contributed by atoms with Crippen molar-refractivity contribution >= 4 is 11.6 Å². The maximum absolute atomic E-state index is 14.1. The number of halogens is 1. The molecular formula is C18H17FN4O2. The van der Waals surface area contributed by atoms with Crippen molar-refractivity contribution in [2.24, 2.45) is 5.73 Å². The van der Waals surface area contributed by atoms with Gasteiger partial charge in [0.15, 0.2) is 0 Å². The lowest BCUT2D eigenvalue weighted by Gasteiger charge is -2.33. The number of hydrogen-bond acceptors (Lipinski definition) is 5. The van der Waals surface area contributed by atoms with Crippen molar-refractivity contribution in [3.63, 3.8) is 0 Å². The molecule has 0 spiro atoms. The third-order valence-electron chi connectivity index (χ3n) is 4.15. The highest BCUT2D eigenvalue weighted by Crippen LogP contribution is 2.26. The van der Waals surface area contributed by atoms with E-state index in [4.69, 9.17) is 15.7 Å². The first-order valence-electron chi connectivity index (χ1n) is 7.94. The van der Waals surface area contributed by atoms with E-state index in [1.165, 1.54) is 18.3 Å². The van der Waals surface area contributed by atoms with Gasteiger partial charge in [0, 0.05) is 38.2 Å². The average Bonchev–Trinajstić information content (AvgIpc) is 2.62. The largest absolute Gasteiger partial charge is 0.490 e. The number of anilines is 1. The molecule has 128 valence electrons. The fourth-order valence-electron chi connectivity index (χ4n) is 2.86. The van der Waals surface area contributed by atoms with Crippen LogP contribution in [-0.2, 0) is 0 Å². The summed E-state index contributed by atoms with van der Waals surface area (Å²) in [6.45, 7) is 1.28. The van der Waals surface area contributed by atoms with Crippen LogP contribution in [0.4, 0.5) is 10.1 Å². The standard InChI is InChI=1S/C18H17FN4O2/c19-15-9-12(11-20)1-2-17(15)23-7-4-13(5-8-23)25-14-3-6-22-16(10-14)18(21)24/h1-3,6,9-10,13H,4-5,7-8H2,(H2,21,24). The van der Waals surface area contributed by atoms with Crippen LogP contribution in [0.25, 0.3) is 0 Å². The highest BCUT2D eigenvalue weighted by molar-refractivity contribution is 5.91. The number of nitriles is 1. The van der Waals surface area contributed by atoms with E-state index in [-0.39, 0.29) is 11.8 Å². The van der Waals surface area contributed by atoms with Crippen LogP contribution in [0.5, 0.6) is 5.75 Å². The van der Waals surface area contributed by atoms with Crippen LogP contribution in [0.2, 0.25) is 0 Å². The lowest BCUT2D eigenvalue weighted by atomic mass is 10.1. The molecule has 7 heteroatoms. The number of carbonyl (C=O) groups is 1. The highest BCUT2D eigenvalue weighted by Gasteiger charge is 2.23. The summed E-state index contributed by atoms with van der Waals surface area (Å²) >= 11 is 0. The number of hydrogen-bond donors (Lipinski definition) is 1. The zero-order valence-electron chi connectivity index (χ0n) is 13.5. The second-order valence-corrected chi connectivity index (χ2v) is 5.82. The predicted molar refractivity (Wildman–Crippen MR) is 89.7 cm³/mol. The first kappa shape index (κ1) is 16.7. The molecule has 0 aliphatic carbocycles. The van der Waals surface area contributed by atoms with E-state index in [1.807, 2.05) is 11.0 Å².